The van der Waals surface area contributed by atoms with Crippen molar-refractivity contribution >= 4 is 26.7 Å². The van der Waals surface area contributed by atoms with Crippen LogP contribution in [0.5, 0.6) is 0 Å². The van der Waals surface area contributed by atoms with Gasteiger partial charge in [-0.2, -0.15) is 0 Å². The van der Waals surface area contributed by atoms with E-state index in [0.29, 0.717) is 12.8 Å². The van der Waals surface area contributed by atoms with Crippen molar-refractivity contribution in [1.29, 1.82) is 0 Å². The number of hydrogen-bond acceptors (Lipinski definition) is 6. The molecule has 2 aromatic rings. The molecule has 0 radical (unpaired) electrons. The normalized spacial score (nSPS) is 14.6. The molecule has 0 aliphatic heterocycles. The van der Waals surface area contributed by atoms with Crippen LogP contribution in [0.2, 0.25) is 18.1 Å². The van der Waals surface area contributed by atoms with E-state index in [0.717, 1.165) is 43.1 Å². The maximum absolute atomic E-state index is 13.6. The molecule has 2 rings (SSSR count). The van der Waals surface area contributed by atoms with Gasteiger partial charge in [0.2, 0.25) is 0 Å². The molecule has 0 aliphatic rings. The molecule has 1 N–H and O–H groups in total. The fourth-order valence-electron chi connectivity index (χ4n) is 4.73. The molecule has 1 amide bonds. The Balaban J connectivity index is 2.30. The summed E-state index contributed by atoms with van der Waals surface area (Å²) in [4.78, 5) is 38.4. The van der Waals surface area contributed by atoms with Gasteiger partial charge >= 0.3 is 12.1 Å². The van der Waals surface area contributed by atoms with E-state index >= 15 is 0 Å². The highest BCUT2D eigenvalue weighted by Crippen LogP contribution is 2.38. The second-order valence-corrected chi connectivity index (χ2v) is 18.1. The predicted molar refractivity (Wildman–Crippen MR) is 179 cm³/mol. The third kappa shape index (κ3) is 13.3. The summed E-state index contributed by atoms with van der Waals surface area (Å²) in [6.45, 7) is 14.8. The zero-order valence-electron chi connectivity index (χ0n) is 28.0. The van der Waals surface area contributed by atoms with Gasteiger partial charge in [-0.3, -0.25) is 4.79 Å². The quantitative estimate of drug-likeness (QED) is 0.0730. The van der Waals surface area contributed by atoms with Crippen molar-refractivity contribution in [3.8, 4) is 0 Å². The maximum Gasteiger partial charge on any atom is 0.407 e. The van der Waals surface area contributed by atoms with Crippen LogP contribution in [-0.2, 0) is 36.5 Å². The molecule has 2 aromatic carbocycles. The summed E-state index contributed by atoms with van der Waals surface area (Å²) in [5.41, 5.74) is 1.88. The number of ether oxygens (including phenoxy) is 2. The molecule has 0 unspecified atom stereocenters. The Bertz CT molecular complexity index is 1120. The molecule has 244 valence electrons. The lowest BCUT2D eigenvalue weighted by Gasteiger charge is -2.41. The van der Waals surface area contributed by atoms with Crippen LogP contribution < -0.4 is 5.32 Å². The smallest absolute Gasteiger partial charge is 0.407 e. The van der Waals surface area contributed by atoms with E-state index < -0.39 is 44.5 Å². The molecule has 0 heterocycles. The molecular weight excluding hydrogens is 570 g/mol. The first-order valence-electron chi connectivity index (χ1n) is 16.2. The van der Waals surface area contributed by atoms with E-state index in [1.54, 1.807) is 6.92 Å². The van der Waals surface area contributed by atoms with Crippen molar-refractivity contribution in [1.82, 2.24) is 5.32 Å². The first kappa shape index (κ1) is 37.2. The summed E-state index contributed by atoms with van der Waals surface area (Å²) in [7, 11) is -2.40. The van der Waals surface area contributed by atoms with Crippen molar-refractivity contribution in [2.45, 2.75) is 129 Å². The zero-order chi connectivity index (χ0) is 32.6. The van der Waals surface area contributed by atoms with Gasteiger partial charge in [0.25, 0.3) is 0 Å². The molecule has 0 aromatic heterocycles. The Morgan fingerprint density at radius 2 is 1.48 bits per heavy atom. The standard InChI is InChI=1S/C36H55NO6Si/c1-8-9-10-11-18-23-32(28(2)26-38)42-34(39)25-33(43-44(6,7)36(3,4)5)31(24-29-19-14-12-15-20-29)37-35(40)41-27-30-21-16-13-17-22-30/h12-17,19-22,26,28,31-33H,8-11,18,23-25,27H2,1-7H3,(H,37,40)/t28-,31+,32-,33-/m1/s1. The number of amides is 1. The van der Waals surface area contributed by atoms with Crippen LogP contribution in [0.25, 0.3) is 0 Å². The monoisotopic (exact) mass is 625 g/mol. The van der Waals surface area contributed by atoms with Gasteiger partial charge in [0.15, 0.2) is 8.32 Å². The molecule has 8 heteroatoms. The second-order valence-electron chi connectivity index (χ2n) is 13.3. The predicted octanol–water partition coefficient (Wildman–Crippen LogP) is 8.41. The first-order valence-corrected chi connectivity index (χ1v) is 19.1. The van der Waals surface area contributed by atoms with Crippen molar-refractivity contribution in [3.63, 3.8) is 0 Å². The molecule has 0 bridgehead atoms. The zero-order valence-corrected chi connectivity index (χ0v) is 29.0. The third-order valence-corrected chi connectivity index (χ3v) is 13.1. The lowest BCUT2D eigenvalue weighted by molar-refractivity contribution is -0.154. The van der Waals surface area contributed by atoms with Crippen LogP contribution in [0.15, 0.2) is 60.7 Å². The number of alkyl carbamates (subject to hydrolysis) is 1. The number of unbranched alkanes of at least 4 members (excludes halogenated alkanes) is 4. The van der Waals surface area contributed by atoms with Crippen LogP contribution in [0.4, 0.5) is 4.79 Å². The number of hydrogen-bond donors (Lipinski definition) is 1. The van der Waals surface area contributed by atoms with E-state index in [4.69, 9.17) is 13.9 Å². The molecule has 0 aliphatic carbocycles. The van der Waals surface area contributed by atoms with Crippen LogP contribution in [0, 0.1) is 5.92 Å². The van der Waals surface area contributed by atoms with Crippen molar-refractivity contribution in [2.75, 3.05) is 0 Å². The maximum atomic E-state index is 13.6. The van der Waals surface area contributed by atoms with Gasteiger partial charge in [-0.1, -0.05) is 121 Å². The topological polar surface area (TPSA) is 90.9 Å². The van der Waals surface area contributed by atoms with Gasteiger partial charge < -0.3 is 24.0 Å². The Morgan fingerprint density at radius 3 is 2.05 bits per heavy atom. The van der Waals surface area contributed by atoms with Crippen LogP contribution in [0.3, 0.4) is 0 Å². The van der Waals surface area contributed by atoms with Gasteiger partial charge in [-0.15, -0.1) is 0 Å². The fourth-order valence-corrected chi connectivity index (χ4v) is 6.09. The fraction of sp³-hybridized carbons (Fsp3) is 0.583. The highest BCUT2D eigenvalue weighted by atomic mass is 28.4. The van der Waals surface area contributed by atoms with Gasteiger partial charge in [-0.05, 0) is 48.5 Å². The van der Waals surface area contributed by atoms with E-state index in [1.165, 1.54) is 6.42 Å². The Hall–Kier alpha value is -2.97. The molecule has 0 saturated heterocycles. The van der Waals surface area contributed by atoms with Crippen LogP contribution in [-0.4, -0.2) is 44.9 Å². The van der Waals surface area contributed by atoms with E-state index in [9.17, 15) is 14.4 Å². The van der Waals surface area contributed by atoms with E-state index in [-0.39, 0.29) is 18.1 Å². The molecule has 0 saturated carbocycles. The second kappa shape index (κ2) is 18.7. The summed E-state index contributed by atoms with van der Waals surface area (Å²) in [5.74, 6) is -0.838. The summed E-state index contributed by atoms with van der Waals surface area (Å²) < 4.78 is 18.4. The Kier molecular flexibility index (Phi) is 15.9. The van der Waals surface area contributed by atoms with Crippen molar-refractivity contribution in [3.05, 3.63) is 71.8 Å². The van der Waals surface area contributed by atoms with E-state index in [1.807, 2.05) is 60.7 Å². The summed E-state index contributed by atoms with van der Waals surface area (Å²) in [5, 5.41) is 2.90. The third-order valence-electron chi connectivity index (χ3n) is 8.56. The van der Waals surface area contributed by atoms with Gasteiger partial charge in [0.1, 0.15) is 19.0 Å². The molecule has 4 atom stereocenters. The molecular formula is C36H55NO6Si. The number of nitrogens with one attached hydrogen (secondary N) is 1. The van der Waals surface area contributed by atoms with Gasteiger partial charge in [0.05, 0.1) is 18.6 Å². The number of benzene rings is 2. The minimum absolute atomic E-state index is 0.0547. The van der Waals surface area contributed by atoms with Crippen LogP contribution in [0.1, 0.15) is 90.7 Å². The number of carbonyl (C=O) groups is 3. The van der Waals surface area contributed by atoms with Gasteiger partial charge in [-0.25, -0.2) is 4.79 Å². The number of esters is 1. The lowest BCUT2D eigenvalue weighted by Crippen LogP contribution is -2.53. The summed E-state index contributed by atoms with van der Waals surface area (Å²) in [6.07, 6.45) is 5.53. The minimum Gasteiger partial charge on any atom is -0.462 e. The molecule has 44 heavy (non-hydrogen) atoms. The number of carbonyl (C=O) groups excluding carboxylic acids is 3. The highest BCUT2D eigenvalue weighted by molar-refractivity contribution is 6.74. The van der Waals surface area contributed by atoms with Crippen LogP contribution >= 0.6 is 0 Å². The summed E-state index contributed by atoms with van der Waals surface area (Å²) >= 11 is 0. The average molecular weight is 626 g/mol. The molecule has 0 spiro atoms. The number of rotatable bonds is 19. The minimum atomic E-state index is -2.40. The largest absolute Gasteiger partial charge is 0.462 e. The first-order chi connectivity index (χ1) is 20.9. The molecule has 0 fully saturated rings. The van der Waals surface area contributed by atoms with E-state index in [2.05, 4.69) is 46.1 Å². The highest BCUT2D eigenvalue weighted by Gasteiger charge is 2.42. The van der Waals surface area contributed by atoms with Gasteiger partial charge in [0, 0.05) is 5.92 Å². The van der Waals surface area contributed by atoms with Crippen molar-refractivity contribution in [2.24, 2.45) is 5.92 Å². The van der Waals surface area contributed by atoms with Crippen molar-refractivity contribution < 1.29 is 28.3 Å². The number of aldehydes is 1. The Morgan fingerprint density at radius 1 is 0.886 bits per heavy atom. The molecule has 7 nitrogen and oxygen atoms in total. The Labute approximate surface area is 266 Å². The SMILES string of the molecule is CCCCCCC[C@@H](OC(=O)C[C@@H](O[Si](C)(C)C(C)(C)C)[C@H](Cc1ccccc1)NC(=O)OCc1ccccc1)[C@H](C)C=O. The summed E-state index contributed by atoms with van der Waals surface area (Å²) in [6, 6.07) is 18.8. The lowest BCUT2D eigenvalue weighted by atomic mass is 9.98. The average Bonchev–Trinajstić information content (AvgIpc) is 2.98.